The summed E-state index contributed by atoms with van der Waals surface area (Å²) >= 11 is 0. The number of sulfonamides is 1. The van der Waals surface area contributed by atoms with Gasteiger partial charge in [-0.15, -0.1) is 0 Å². The first-order chi connectivity index (χ1) is 9.25. The highest BCUT2D eigenvalue weighted by Crippen LogP contribution is 2.32. The van der Waals surface area contributed by atoms with Crippen LogP contribution in [0.2, 0.25) is 0 Å². The van der Waals surface area contributed by atoms with Crippen LogP contribution in [0, 0.1) is 18.8 Å². The van der Waals surface area contributed by atoms with Crippen molar-refractivity contribution in [2.24, 2.45) is 11.8 Å². The molecule has 20 heavy (non-hydrogen) atoms. The fraction of sp³-hybridized carbons (Fsp3) is 0.500. The lowest BCUT2D eigenvalue weighted by atomic mass is 9.98. The average molecular weight is 297 g/mol. The first-order valence-corrected chi connectivity index (χ1v) is 7.94. The van der Waals surface area contributed by atoms with Gasteiger partial charge < -0.3 is 4.74 Å². The van der Waals surface area contributed by atoms with Crippen molar-refractivity contribution < 1.29 is 17.9 Å². The van der Waals surface area contributed by atoms with Gasteiger partial charge in [0.2, 0.25) is 10.0 Å². The summed E-state index contributed by atoms with van der Waals surface area (Å²) in [6.07, 6.45) is -0.746. The third-order valence-corrected chi connectivity index (χ3v) is 5.74. The monoisotopic (exact) mass is 297 g/mol. The maximum atomic E-state index is 12.5. The largest absolute Gasteiger partial charge is 0.445 e. The third kappa shape index (κ3) is 2.45. The Morgan fingerprint density at radius 3 is 2.15 bits per heavy atom. The molecule has 1 aliphatic rings. The highest BCUT2D eigenvalue weighted by molar-refractivity contribution is 7.89. The highest BCUT2D eigenvalue weighted by Gasteiger charge is 2.44. The molecule has 1 aromatic carbocycles. The van der Waals surface area contributed by atoms with Crippen LogP contribution in [0.1, 0.15) is 19.4 Å². The molecule has 0 spiro atoms. The van der Waals surface area contributed by atoms with Crippen LogP contribution in [0.3, 0.4) is 0 Å². The number of hydrogen-bond acceptors (Lipinski definition) is 4. The molecule has 1 aliphatic heterocycles. The van der Waals surface area contributed by atoms with E-state index in [-0.39, 0.29) is 22.7 Å². The molecular weight excluding hydrogens is 278 g/mol. The standard InChI is InChI=1S/C14H19NO4S/c1-9-5-7-12(8-6-9)20(17,18)15(4)13-10(2)11(3)14(16)19-13/h5-8,10-11,13H,1-4H3/t10-,11-,13-/m0/s1. The van der Waals surface area contributed by atoms with E-state index in [1.54, 1.807) is 31.2 Å². The van der Waals surface area contributed by atoms with Gasteiger partial charge in [-0.05, 0) is 19.1 Å². The summed E-state index contributed by atoms with van der Waals surface area (Å²) in [4.78, 5) is 11.8. The maximum Gasteiger partial charge on any atom is 0.310 e. The summed E-state index contributed by atoms with van der Waals surface area (Å²) in [6.45, 7) is 5.46. The second-order valence-electron chi connectivity index (χ2n) is 5.31. The van der Waals surface area contributed by atoms with Crippen molar-refractivity contribution in [2.75, 3.05) is 7.05 Å². The summed E-state index contributed by atoms with van der Waals surface area (Å²) in [5.74, 6) is -0.822. The second kappa shape index (κ2) is 5.18. The molecule has 0 aliphatic carbocycles. The quantitative estimate of drug-likeness (QED) is 0.798. The Hall–Kier alpha value is -1.40. The van der Waals surface area contributed by atoms with Crippen molar-refractivity contribution >= 4 is 16.0 Å². The van der Waals surface area contributed by atoms with Gasteiger partial charge >= 0.3 is 5.97 Å². The molecule has 0 radical (unpaired) electrons. The molecule has 110 valence electrons. The number of esters is 1. The molecule has 1 heterocycles. The van der Waals surface area contributed by atoms with E-state index in [0.29, 0.717) is 0 Å². The molecule has 0 unspecified atom stereocenters. The third-order valence-electron chi connectivity index (χ3n) is 3.90. The fourth-order valence-electron chi connectivity index (χ4n) is 2.21. The van der Waals surface area contributed by atoms with Crippen molar-refractivity contribution in [1.29, 1.82) is 0 Å². The average Bonchev–Trinajstić information content (AvgIpc) is 2.66. The molecule has 1 saturated heterocycles. The summed E-state index contributed by atoms with van der Waals surface area (Å²) < 4.78 is 31.4. The minimum Gasteiger partial charge on any atom is -0.445 e. The second-order valence-corrected chi connectivity index (χ2v) is 7.31. The first-order valence-electron chi connectivity index (χ1n) is 6.50. The zero-order valence-electron chi connectivity index (χ0n) is 12.0. The van der Waals surface area contributed by atoms with E-state index in [1.807, 2.05) is 13.8 Å². The fourth-order valence-corrected chi connectivity index (χ4v) is 3.54. The number of carbonyl (C=O) groups is 1. The molecule has 6 heteroatoms. The normalized spacial score (nSPS) is 26.9. The lowest BCUT2D eigenvalue weighted by Crippen LogP contribution is -2.40. The van der Waals surface area contributed by atoms with Crippen LogP contribution in [0.25, 0.3) is 0 Å². The Morgan fingerprint density at radius 1 is 1.15 bits per heavy atom. The van der Waals surface area contributed by atoms with Gasteiger partial charge in [-0.25, -0.2) is 8.42 Å². The number of ether oxygens (including phenoxy) is 1. The molecule has 0 bridgehead atoms. The van der Waals surface area contributed by atoms with Crippen LogP contribution >= 0.6 is 0 Å². The Bertz CT molecular complexity index is 609. The minimum atomic E-state index is -3.66. The van der Waals surface area contributed by atoms with Crippen molar-refractivity contribution in [3.8, 4) is 0 Å². The number of aryl methyl sites for hydroxylation is 1. The molecule has 0 aromatic heterocycles. The first kappa shape index (κ1) is 15.0. The van der Waals surface area contributed by atoms with E-state index in [2.05, 4.69) is 0 Å². The smallest absolute Gasteiger partial charge is 0.310 e. The molecule has 0 N–H and O–H groups in total. The van der Waals surface area contributed by atoms with E-state index in [1.165, 1.54) is 7.05 Å². The van der Waals surface area contributed by atoms with Crippen LogP contribution in [-0.4, -0.2) is 32.0 Å². The number of nitrogens with zero attached hydrogens (tertiary/aromatic N) is 1. The number of hydrogen-bond donors (Lipinski definition) is 0. The summed E-state index contributed by atoms with van der Waals surface area (Å²) in [5.41, 5.74) is 0.987. The molecule has 1 aromatic rings. The highest BCUT2D eigenvalue weighted by atomic mass is 32.2. The van der Waals surface area contributed by atoms with Crippen molar-refractivity contribution in [2.45, 2.75) is 31.9 Å². The zero-order chi connectivity index (χ0) is 15.1. The van der Waals surface area contributed by atoms with Gasteiger partial charge in [0.1, 0.15) is 0 Å². The van der Waals surface area contributed by atoms with E-state index in [0.717, 1.165) is 9.87 Å². The predicted octanol–water partition coefficient (Wildman–Crippen LogP) is 1.77. The van der Waals surface area contributed by atoms with E-state index >= 15 is 0 Å². The SMILES string of the molecule is Cc1ccc(S(=O)(=O)N(C)[C@H]2OC(=O)[C@@H](C)[C@@H]2C)cc1. The molecule has 5 nitrogen and oxygen atoms in total. The molecular formula is C14H19NO4S. The van der Waals surface area contributed by atoms with E-state index in [4.69, 9.17) is 4.74 Å². The van der Waals surface area contributed by atoms with Gasteiger partial charge in [0.25, 0.3) is 0 Å². The van der Waals surface area contributed by atoms with E-state index in [9.17, 15) is 13.2 Å². The Labute approximate surface area is 119 Å². The van der Waals surface area contributed by atoms with Crippen molar-refractivity contribution in [3.05, 3.63) is 29.8 Å². The number of rotatable bonds is 3. The van der Waals surface area contributed by atoms with Gasteiger partial charge in [-0.3, -0.25) is 4.79 Å². The van der Waals surface area contributed by atoms with Crippen LogP contribution in [0.15, 0.2) is 29.2 Å². The van der Waals surface area contributed by atoms with Crippen LogP contribution < -0.4 is 0 Å². The van der Waals surface area contributed by atoms with Crippen molar-refractivity contribution in [1.82, 2.24) is 4.31 Å². The maximum absolute atomic E-state index is 12.5. The van der Waals surface area contributed by atoms with Gasteiger partial charge in [-0.1, -0.05) is 31.5 Å². The van der Waals surface area contributed by atoms with Crippen molar-refractivity contribution in [3.63, 3.8) is 0 Å². The van der Waals surface area contributed by atoms with Gasteiger partial charge in [0, 0.05) is 13.0 Å². The lowest BCUT2D eigenvalue weighted by Gasteiger charge is -2.25. The predicted molar refractivity (Wildman–Crippen MR) is 74.3 cm³/mol. The minimum absolute atomic E-state index is 0.173. The van der Waals surface area contributed by atoms with Gasteiger partial charge in [0.15, 0.2) is 6.23 Å². The number of carbonyl (C=O) groups excluding carboxylic acids is 1. The summed E-state index contributed by atoms with van der Waals surface area (Å²) in [6, 6.07) is 6.61. The lowest BCUT2D eigenvalue weighted by molar-refractivity contribution is -0.147. The molecule has 1 fully saturated rings. The molecule has 0 saturated carbocycles. The van der Waals surface area contributed by atoms with E-state index < -0.39 is 16.3 Å². The topological polar surface area (TPSA) is 63.7 Å². The molecule has 0 amide bonds. The Kier molecular flexibility index (Phi) is 3.88. The van der Waals surface area contributed by atoms with Gasteiger partial charge in [-0.2, -0.15) is 4.31 Å². The Balaban J connectivity index is 2.30. The zero-order valence-corrected chi connectivity index (χ0v) is 12.8. The van der Waals surface area contributed by atoms with Crippen LogP contribution in [0.4, 0.5) is 0 Å². The Morgan fingerprint density at radius 2 is 1.70 bits per heavy atom. The molecule has 3 atom stereocenters. The number of benzene rings is 1. The number of cyclic esters (lactones) is 1. The van der Waals surface area contributed by atoms with Gasteiger partial charge in [0.05, 0.1) is 10.8 Å². The summed E-state index contributed by atoms with van der Waals surface area (Å²) in [7, 11) is -2.22. The summed E-state index contributed by atoms with van der Waals surface area (Å²) in [5, 5.41) is 0. The van der Waals surface area contributed by atoms with Crippen LogP contribution in [0.5, 0.6) is 0 Å². The van der Waals surface area contributed by atoms with Crippen LogP contribution in [-0.2, 0) is 19.6 Å². The molecule has 2 rings (SSSR count).